The minimum absolute atomic E-state index is 0.153. The standard InChI is InChI=1S/C11H19NO3/c1-10(9-13-2)14-7-5-12-8-11-4-3-6-15-11/h3-4,6,10,12H,5,7-9H2,1-2H3. The Kier molecular flexibility index (Phi) is 6.08. The second-order valence-electron chi connectivity index (χ2n) is 3.39. The first kappa shape index (κ1) is 12.2. The molecule has 0 fully saturated rings. The highest BCUT2D eigenvalue weighted by Crippen LogP contribution is 1.98. The van der Waals surface area contributed by atoms with Gasteiger partial charge in [-0.15, -0.1) is 0 Å². The summed E-state index contributed by atoms with van der Waals surface area (Å²) < 4.78 is 15.6. The van der Waals surface area contributed by atoms with E-state index in [1.807, 2.05) is 19.1 Å². The lowest BCUT2D eigenvalue weighted by Gasteiger charge is -2.11. The van der Waals surface area contributed by atoms with Gasteiger partial charge in [0.15, 0.2) is 0 Å². The summed E-state index contributed by atoms with van der Waals surface area (Å²) >= 11 is 0. The maximum Gasteiger partial charge on any atom is 0.117 e. The molecule has 15 heavy (non-hydrogen) atoms. The van der Waals surface area contributed by atoms with Gasteiger partial charge in [0.1, 0.15) is 5.76 Å². The molecule has 0 spiro atoms. The van der Waals surface area contributed by atoms with Gasteiger partial charge in [0, 0.05) is 13.7 Å². The van der Waals surface area contributed by atoms with Crippen LogP contribution in [0.5, 0.6) is 0 Å². The second-order valence-corrected chi connectivity index (χ2v) is 3.39. The molecule has 0 aromatic carbocycles. The van der Waals surface area contributed by atoms with Gasteiger partial charge in [0.25, 0.3) is 0 Å². The zero-order chi connectivity index (χ0) is 10.9. The summed E-state index contributed by atoms with van der Waals surface area (Å²) in [7, 11) is 1.68. The summed E-state index contributed by atoms with van der Waals surface area (Å²) in [5, 5.41) is 3.23. The molecular weight excluding hydrogens is 194 g/mol. The molecule has 4 heteroatoms. The Hall–Kier alpha value is -0.840. The fourth-order valence-electron chi connectivity index (χ4n) is 1.24. The van der Waals surface area contributed by atoms with Gasteiger partial charge in [-0.05, 0) is 19.1 Å². The molecule has 1 unspecified atom stereocenters. The third kappa shape index (κ3) is 5.57. The lowest BCUT2D eigenvalue weighted by Crippen LogP contribution is -2.23. The topological polar surface area (TPSA) is 43.6 Å². The molecule has 0 amide bonds. The SMILES string of the molecule is COCC(C)OCCNCc1ccco1. The van der Waals surface area contributed by atoms with Crippen molar-refractivity contribution in [3.8, 4) is 0 Å². The minimum Gasteiger partial charge on any atom is -0.468 e. The predicted molar refractivity (Wildman–Crippen MR) is 57.7 cm³/mol. The highest BCUT2D eigenvalue weighted by Gasteiger charge is 2.00. The van der Waals surface area contributed by atoms with Gasteiger partial charge < -0.3 is 19.2 Å². The van der Waals surface area contributed by atoms with Crippen LogP contribution in [0, 0.1) is 0 Å². The number of methoxy groups -OCH3 is 1. The Bertz CT molecular complexity index is 236. The molecule has 1 aromatic heterocycles. The van der Waals surface area contributed by atoms with Gasteiger partial charge in [0.05, 0.1) is 32.1 Å². The van der Waals surface area contributed by atoms with Gasteiger partial charge in [-0.25, -0.2) is 0 Å². The van der Waals surface area contributed by atoms with Crippen LogP contribution in [0.15, 0.2) is 22.8 Å². The number of hydrogen-bond acceptors (Lipinski definition) is 4. The lowest BCUT2D eigenvalue weighted by atomic mass is 10.4. The molecule has 4 nitrogen and oxygen atoms in total. The molecule has 0 radical (unpaired) electrons. The average molecular weight is 213 g/mol. The molecule has 0 saturated carbocycles. The number of nitrogens with one attached hydrogen (secondary N) is 1. The van der Waals surface area contributed by atoms with Crippen LogP contribution < -0.4 is 5.32 Å². The fraction of sp³-hybridized carbons (Fsp3) is 0.636. The molecule has 1 N–H and O–H groups in total. The molecule has 0 aliphatic rings. The van der Waals surface area contributed by atoms with Crippen LogP contribution in [0.1, 0.15) is 12.7 Å². The van der Waals surface area contributed by atoms with Crippen molar-refractivity contribution in [3.63, 3.8) is 0 Å². The van der Waals surface area contributed by atoms with E-state index in [4.69, 9.17) is 13.9 Å². The first-order valence-electron chi connectivity index (χ1n) is 5.16. The molecule has 1 atom stereocenters. The van der Waals surface area contributed by atoms with E-state index >= 15 is 0 Å². The lowest BCUT2D eigenvalue weighted by molar-refractivity contribution is 0.0106. The zero-order valence-electron chi connectivity index (χ0n) is 9.36. The van der Waals surface area contributed by atoms with Crippen molar-refractivity contribution >= 4 is 0 Å². The van der Waals surface area contributed by atoms with Crippen LogP contribution in [-0.4, -0.2) is 33.0 Å². The van der Waals surface area contributed by atoms with Gasteiger partial charge in [0.2, 0.25) is 0 Å². The Morgan fingerprint density at radius 2 is 2.40 bits per heavy atom. The van der Waals surface area contributed by atoms with Crippen LogP contribution in [0.25, 0.3) is 0 Å². The molecule has 1 heterocycles. The fourth-order valence-corrected chi connectivity index (χ4v) is 1.24. The quantitative estimate of drug-likeness (QED) is 0.663. The van der Waals surface area contributed by atoms with Crippen molar-refractivity contribution in [2.45, 2.75) is 19.6 Å². The predicted octanol–water partition coefficient (Wildman–Crippen LogP) is 1.42. The van der Waals surface area contributed by atoms with E-state index < -0.39 is 0 Å². The van der Waals surface area contributed by atoms with Crippen molar-refractivity contribution in [3.05, 3.63) is 24.2 Å². The van der Waals surface area contributed by atoms with E-state index in [9.17, 15) is 0 Å². The van der Waals surface area contributed by atoms with E-state index in [2.05, 4.69) is 5.32 Å². The molecule has 0 aliphatic carbocycles. The smallest absolute Gasteiger partial charge is 0.117 e. The van der Waals surface area contributed by atoms with E-state index in [0.717, 1.165) is 18.8 Å². The van der Waals surface area contributed by atoms with Crippen LogP contribution in [0.2, 0.25) is 0 Å². The molecule has 0 aliphatic heterocycles. The number of rotatable bonds is 8. The Morgan fingerprint density at radius 3 is 3.07 bits per heavy atom. The summed E-state index contributed by atoms with van der Waals surface area (Å²) in [6, 6.07) is 3.83. The van der Waals surface area contributed by atoms with Crippen molar-refractivity contribution in [2.75, 3.05) is 26.9 Å². The van der Waals surface area contributed by atoms with Crippen molar-refractivity contribution in [1.29, 1.82) is 0 Å². The van der Waals surface area contributed by atoms with Crippen LogP contribution in [-0.2, 0) is 16.0 Å². The zero-order valence-corrected chi connectivity index (χ0v) is 9.36. The van der Waals surface area contributed by atoms with Gasteiger partial charge >= 0.3 is 0 Å². The van der Waals surface area contributed by atoms with E-state index in [1.54, 1.807) is 13.4 Å². The molecule has 86 valence electrons. The third-order valence-electron chi connectivity index (χ3n) is 1.96. The highest BCUT2D eigenvalue weighted by molar-refractivity contribution is 4.97. The van der Waals surface area contributed by atoms with Crippen molar-refractivity contribution in [2.24, 2.45) is 0 Å². The first-order chi connectivity index (χ1) is 7.33. The van der Waals surface area contributed by atoms with Crippen molar-refractivity contribution < 1.29 is 13.9 Å². The second kappa shape index (κ2) is 7.45. The average Bonchev–Trinajstić information content (AvgIpc) is 2.70. The summed E-state index contributed by atoms with van der Waals surface area (Å²) in [6.07, 6.45) is 1.83. The first-order valence-corrected chi connectivity index (χ1v) is 5.16. The summed E-state index contributed by atoms with van der Waals surface area (Å²) in [6.45, 7) is 4.88. The van der Waals surface area contributed by atoms with Crippen LogP contribution in [0.3, 0.4) is 0 Å². The van der Waals surface area contributed by atoms with Gasteiger partial charge in [-0.3, -0.25) is 0 Å². The largest absolute Gasteiger partial charge is 0.468 e. The Labute approximate surface area is 90.6 Å². The summed E-state index contributed by atoms with van der Waals surface area (Å²) in [5.41, 5.74) is 0. The summed E-state index contributed by atoms with van der Waals surface area (Å²) in [4.78, 5) is 0. The normalized spacial score (nSPS) is 12.9. The van der Waals surface area contributed by atoms with Gasteiger partial charge in [-0.2, -0.15) is 0 Å². The van der Waals surface area contributed by atoms with E-state index in [0.29, 0.717) is 13.2 Å². The molecule has 1 rings (SSSR count). The van der Waals surface area contributed by atoms with E-state index in [-0.39, 0.29) is 6.10 Å². The van der Waals surface area contributed by atoms with E-state index in [1.165, 1.54) is 0 Å². The Morgan fingerprint density at radius 1 is 1.53 bits per heavy atom. The van der Waals surface area contributed by atoms with Crippen LogP contribution in [0.4, 0.5) is 0 Å². The maximum atomic E-state index is 5.48. The number of furan rings is 1. The van der Waals surface area contributed by atoms with Gasteiger partial charge in [-0.1, -0.05) is 0 Å². The maximum absolute atomic E-state index is 5.48. The third-order valence-corrected chi connectivity index (χ3v) is 1.96. The molecule has 0 saturated heterocycles. The number of hydrogen-bond donors (Lipinski definition) is 1. The Balaban J connectivity index is 1.93. The minimum atomic E-state index is 0.153. The molecular formula is C11H19NO3. The highest BCUT2D eigenvalue weighted by atomic mass is 16.5. The monoisotopic (exact) mass is 213 g/mol. The molecule has 0 bridgehead atoms. The van der Waals surface area contributed by atoms with Crippen LogP contribution >= 0.6 is 0 Å². The molecule has 1 aromatic rings. The number of ether oxygens (including phenoxy) is 2. The summed E-state index contributed by atoms with van der Waals surface area (Å²) in [5.74, 6) is 0.944. The van der Waals surface area contributed by atoms with Crippen molar-refractivity contribution in [1.82, 2.24) is 5.32 Å².